The highest BCUT2D eigenvalue weighted by molar-refractivity contribution is 4.75. The topological polar surface area (TPSA) is 67.4 Å². The number of hydrogen-bond acceptors (Lipinski definition) is 7. The molecule has 1 saturated heterocycles. The normalized spacial score (nSPS) is 21.7. The SMILES string of the molecule is CNOCCOCC(C)(COCC(C)OC)COCC1CCO1. The Kier molecular flexibility index (Phi) is 11.0. The van der Waals surface area contributed by atoms with E-state index in [1.54, 1.807) is 14.2 Å². The molecule has 0 aliphatic carbocycles. The van der Waals surface area contributed by atoms with Gasteiger partial charge in [0, 0.05) is 26.2 Å². The Balaban J connectivity index is 2.27. The molecule has 0 radical (unpaired) electrons. The van der Waals surface area contributed by atoms with E-state index in [-0.39, 0.29) is 17.6 Å². The maximum Gasteiger partial charge on any atom is 0.0915 e. The summed E-state index contributed by atoms with van der Waals surface area (Å²) < 4.78 is 27.8. The summed E-state index contributed by atoms with van der Waals surface area (Å²) in [5.41, 5.74) is 2.41. The minimum absolute atomic E-state index is 0.0773. The van der Waals surface area contributed by atoms with E-state index in [0.717, 1.165) is 13.0 Å². The molecule has 7 heteroatoms. The fraction of sp³-hybridized carbons (Fsp3) is 1.00. The van der Waals surface area contributed by atoms with E-state index in [1.807, 2.05) is 6.92 Å². The Morgan fingerprint density at radius 1 is 1.17 bits per heavy atom. The lowest BCUT2D eigenvalue weighted by Gasteiger charge is -2.32. The van der Waals surface area contributed by atoms with Gasteiger partial charge in [0.25, 0.3) is 0 Å². The molecule has 0 amide bonds. The van der Waals surface area contributed by atoms with Crippen molar-refractivity contribution in [2.75, 3.05) is 67.0 Å². The molecular weight excluding hydrogens is 302 g/mol. The third-order valence-electron chi connectivity index (χ3n) is 3.68. The van der Waals surface area contributed by atoms with Crippen molar-refractivity contribution in [3.8, 4) is 0 Å². The summed E-state index contributed by atoms with van der Waals surface area (Å²) in [5.74, 6) is 0. The summed E-state index contributed by atoms with van der Waals surface area (Å²) in [6.45, 7) is 8.82. The first-order chi connectivity index (χ1) is 11.1. The van der Waals surface area contributed by atoms with Crippen LogP contribution in [0.4, 0.5) is 0 Å². The molecule has 3 unspecified atom stereocenters. The van der Waals surface area contributed by atoms with Crippen LogP contribution < -0.4 is 5.48 Å². The Bertz CT molecular complexity index is 277. The van der Waals surface area contributed by atoms with E-state index in [9.17, 15) is 0 Å². The molecule has 1 N–H and O–H groups in total. The van der Waals surface area contributed by atoms with Crippen molar-refractivity contribution in [2.45, 2.75) is 32.5 Å². The van der Waals surface area contributed by atoms with Gasteiger partial charge in [0.05, 0.1) is 58.5 Å². The van der Waals surface area contributed by atoms with Crippen LogP contribution in [-0.2, 0) is 28.5 Å². The highest BCUT2D eigenvalue weighted by atomic mass is 16.7. The Hall–Kier alpha value is -0.280. The second kappa shape index (κ2) is 12.1. The van der Waals surface area contributed by atoms with Crippen molar-refractivity contribution in [3.63, 3.8) is 0 Å². The average molecular weight is 335 g/mol. The smallest absolute Gasteiger partial charge is 0.0915 e. The largest absolute Gasteiger partial charge is 0.379 e. The highest BCUT2D eigenvalue weighted by Crippen LogP contribution is 2.20. The van der Waals surface area contributed by atoms with Gasteiger partial charge in [0.2, 0.25) is 0 Å². The van der Waals surface area contributed by atoms with E-state index in [2.05, 4.69) is 12.4 Å². The van der Waals surface area contributed by atoms with Gasteiger partial charge in [0.1, 0.15) is 0 Å². The molecule has 0 bridgehead atoms. The molecule has 0 aromatic heterocycles. The first-order valence-electron chi connectivity index (χ1n) is 8.26. The van der Waals surface area contributed by atoms with Crippen LogP contribution in [0.15, 0.2) is 0 Å². The van der Waals surface area contributed by atoms with Gasteiger partial charge >= 0.3 is 0 Å². The lowest BCUT2D eigenvalue weighted by Crippen LogP contribution is -2.38. The molecule has 1 fully saturated rings. The van der Waals surface area contributed by atoms with Gasteiger partial charge in [-0.25, -0.2) is 5.48 Å². The summed E-state index contributed by atoms with van der Waals surface area (Å²) in [4.78, 5) is 5.04. The van der Waals surface area contributed by atoms with Crippen LogP contribution in [0.25, 0.3) is 0 Å². The number of ether oxygens (including phenoxy) is 5. The molecule has 23 heavy (non-hydrogen) atoms. The van der Waals surface area contributed by atoms with E-state index in [0.29, 0.717) is 46.2 Å². The third-order valence-corrected chi connectivity index (χ3v) is 3.68. The summed E-state index contributed by atoms with van der Waals surface area (Å²) in [5, 5.41) is 0. The second-order valence-electron chi connectivity index (χ2n) is 6.27. The zero-order valence-corrected chi connectivity index (χ0v) is 15.0. The van der Waals surface area contributed by atoms with Crippen LogP contribution in [0.5, 0.6) is 0 Å². The van der Waals surface area contributed by atoms with Crippen molar-refractivity contribution in [1.29, 1.82) is 0 Å². The molecule has 1 aliphatic rings. The van der Waals surface area contributed by atoms with Crippen LogP contribution in [-0.4, -0.2) is 79.2 Å². The van der Waals surface area contributed by atoms with Crippen molar-refractivity contribution >= 4 is 0 Å². The predicted molar refractivity (Wildman–Crippen MR) is 86.4 cm³/mol. The minimum atomic E-state index is -0.211. The Labute approximate surface area is 139 Å². The van der Waals surface area contributed by atoms with Crippen LogP contribution in [0.2, 0.25) is 0 Å². The quantitative estimate of drug-likeness (QED) is 0.354. The first kappa shape index (κ1) is 20.8. The molecule has 1 heterocycles. The molecule has 3 atom stereocenters. The summed E-state index contributed by atoms with van der Waals surface area (Å²) in [7, 11) is 3.41. The van der Waals surface area contributed by atoms with E-state index >= 15 is 0 Å². The molecule has 1 rings (SSSR count). The fourth-order valence-electron chi connectivity index (χ4n) is 2.04. The molecule has 138 valence electrons. The van der Waals surface area contributed by atoms with Crippen molar-refractivity contribution < 1.29 is 28.5 Å². The maximum absolute atomic E-state index is 5.80. The standard InChI is InChI=1S/C16H33NO6/c1-14(18-4)9-20-12-16(2,11-19-7-8-23-17-3)13-21-10-15-5-6-22-15/h14-15,17H,5-13H2,1-4H3. The Morgan fingerprint density at radius 2 is 1.87 bits per heavy atom. The molecular formula is C16H33NO6. The maximum atomic E-state index is 5.80. The Morgan fingerprint density at radius 3 is 2.48 bits per heavy atom. The van der Waals surface area contributed by atoms with Crippen LogP contribution in [0, 0.1) is 5.41 Å². The number of rotatable bonds is 15. The first-order valence-corrected chi connectivity index (χ1v) is 8.26. The number of methoxy groups -OCH3 is 1. The monoisotopic (exact) mass is 335 g/mol. The minimum Gasteiger partial charge on any atom is -0.379 e. The van der Waals surface area contributed by atoms with Gasteiger partial charge in [-0.3, -0.25) is 4.84 Å². The zero-order valence-electron chi connectivity index (χ0n) is 15.0. The van der Waals surface area contributed by atoms with Gasteiger partial charge in [-0.2, -0.15) is 0 Å². The molecule has 0 aromatic carbocycles. The van der Waals surface area contributed by atoms with Gasteiger partial charge in [-0.05, 0) is 13.3 Å². The summed E-state index contributed by atoms with van der Waals surface area (Å²) >= 11 is 0. The third kappa shape index (κ3) is 9.56. The van der Waals surface area contributed by atoms with Gasteiger partial charge in [-0.15, -0.1) is 0 Å². The van der Waals surface area contributed by atoms with Crippen molar-refractivity contribution in [3.05, 3.63) is 0 Å². The summed E-state index contributed by atoms with van der Waals surface area (Å²) in [6, 6.07) is 0. The molecule has 0 aromatic rings. The lowest BCUT2D eigenvalue weighted by molar-refractivity contribution is -0.123. The molecule has 0 saturated carbocycles. The van der Waals surface area contributed by atoms with Gasteiger partial charge < -0.3 is 23.7 Å². The average Bonchev–Trinajstić information content (AvgIpc) is 2.49. The highest BCUT2D eigenvalue weighted by Gasteiger charge is 2.27. The summed E-state index contributed by atoms with van der Waals surface area (Å²) in [6.07, 6.45) is 1.41. The zero-order chi connectivity index (χ0) is 17.0. The number of hydroxylamine groups is 1. The van der Waals surface area contributed by atoms with Crippen LogP contribution in [0.1, 0.15) is 20.3 Å². The second-order valence-corrected chi connectivity index (χ2v) is 6.27. The predicted octanol–water partition coefficient (Wildman–Crippen LogP) is 1.02. The number of nitrogens with one attached hydrogen (secondary N) is 1. The van der Waals surface area contributed by atoms with Crippen LogP contribution in [0.3, 0.4) is 0 Å². The van der Waals surface area contributed by atoms with Crippen LogP contribution >= 0.6 is 0 Å². The fourth-order valence-corrected chi connectivity index (χ4v) is 2.04. The van der Waals surface area contributed by atoms with E-state index < -0.39 is 0 Å². The molecule has 0 spiro atoms. The molecule has 7 nitrogen and oxygen atoms in total. The number of hydrogen-bond donors (Lipinski definition) is 1. The van der Waals surface area contributed by atoms with Gasteiger partial charge in [0.15, 0.2) is 0 Å². The molecule has 1 aliphatic heterocycles. The van der Waals surface area contributed by atoms with Gasteiger partial charge in [-0.1, -0.05) is 6.92 Å². The van der Waals surface area contributed by atoms with Crippen molar-refractivity contribution in [2.24, 2.45) is 5.41 Å². The van der Waals surface area contributed by atoms with E-state index in [4.69, 9.17) is 28.5 Å². The van der Waals surface area contributed by atoms with E-state index in [1.165, 1.54) is 0 Å². The lowest BCUT2D eigenvalue weighted by atomic mass is 9.94. The van der Waals surface area contributed by atoms with Crippen molar-refractivity contribution in [1.82, 2.24) is 5.48 Å².